The van der Waals surface area contributed by atoms with E-state index in [0.717, 1.165) is 21.7 Å². The van der Waals surface area contributed by atoms with Crippen molar-refractivity contribution in [2.75, 3.05) is 11.9 Å². The van der Waals surface area contributed by atoms with Crippen molar-refractivity contribution in [3.8, 4) is 0 Å². The van der Waals surface area contributed by atoms with E-state index < -0.39 is 0 Å². The fourth-order valence-electron chi connectivity index (χ4n) is 2.93. The molecule has 2 aromatic rings. The molecule has 0 amide bonds. The fourth-order valence-corrected chi connectivity index (χ4v) is 3.76. The van der Waals surface area contributed by atoms with E-state index in [0.29, 0.717) is 5.92 Å². The fraction of sp³-hybridized carbons (Fsp3) is 0.294. The maximum atomic E-state index is 5.97. The van der Waals surface area contributed by atoms with Gasteiger partial charge < -0.3 is 5.32 Å². The van der Waals surface area contributed by atoms with Crippen LogP contribution in [0.25, 0.3) is 0 Å². The van der Waals surface area contributed by atoms with E-state index in [-0.39, 0.29) is 0 Å². The summed E-state index contributed by atoms with van der Waals surface area (Å²) in [7, 11) is 0. The minimum atomic E-state index is 0.600. The highest BCUT2D eigenvalue weighted by atomic mass is 79.9. The molecule has 1 unspecified atom stereocenters. The third kappa shape index (κ3) is 3.02. The van der Waals surface area contributed by atoms with Crippen molar-refractivity contribution >= 4 is 33.2 Å². The van der Waals surface area contributed by atoms with E-state index in [1.54, 1.807) is 0 Å². The van der Waals surface area contributed by atoms with E-state index in [2.05, 4.69) is 45.5 Å². The first-order chi connectivity index (χ1) is 9.74. The van der Waals surface area contributed by atoms with Gasteiger partial charge in [0.15, 0.2) is 0 Å². The zero-order valence-corrected chi connectivity index (χ0v) is 13.5. The summed E-state index contributed by atoms with van der Waals surface area (Å²) in [5.41, 5.74) is 4.13. The molecule has 1 nitrogen and oxygen atoms in total. The quantitative estimate of drug-likeness (QED) is 0.756. The zero-order valence-electron chi connectivity index (χ0n) is 11.2. The molecular formula is C17H17BrClN. The van der Waals surface area contributed by atoms with Gasteiger partial charge in [-0.05, 0) is 64.5 Å². The van der Waals surface area contributed by atoms with Crippen LogP contribution in [0, 0.1) is 0 Å². The minimum Gasteiger partial charge on any atom is -0.384 e. The molecule has 20 heavy (non-hydrogen) atoms. The van der Waals surface area contributed by atoms with Gasteiger partial charge in [0.25, 0.3) is 0 Å². The SMILES string of the molecule is Clc1ccc(NCC2CCCc3ccccc32)c(Br)c1. The first-order valence-electron chi connectivity index (χ1n) is 7.01. The molecule has 3 rings (SSSR count). The van der Waals surface area contributed by atoms with Crippen molar-refractivity contribution in [3.05, 3.63) is 63.1 Å². The van der Waals surface area contributed by atoms with Crippen LogP contribution in [0.3, 0.4) is 0 Å². The Morgan fingerprint density at radius 2 is 2.05 bits per heavy atom. The second-order valence-electron chi connectivity index (χ2n) is 5.29. The molecule has 0 bridgehead atoms. The minimum absolute atomic E-state index is 0.600. The highest BCUT2D eigenvalue weighted by Crippen LogP contribution is 2.33. The average molecular weight is 351 g/mol. The smallest absolute Gasteiger partial charge is 0.0485 e. The number of rotatable bonds is 3. The van der Waals surface area contributed by atoms with Crippen LogP contribution in [-0.4, -0.2) is 6.54 Å². The van der Waals surface area contributed by atoms with Gasteiger partial charge in [0.1, 0.15) is 0 Å². The van der Waals surface area contributed by atoms with Crippen molar-refractivity contribution in [2.24, 2.45) is 0 Å². The average Bonchev–Trinajstić information content (AvgIpc) is 2.46. The Morgan fingerprint density at radius 1 is 1.20 bits per heavy atom. The van der Waals surface area contributed by atoms with Crippen LogP contribution < -0.4 is 5.32 Å². The molecule has 104 valence electrons. The number of aryl methyl sites for hydroxylation is 1. The molecule has 1 N–H and O–H groups in total. The molecule has 0 spiro atoms. The van der Waals surface area contributed by atoms with Crippen molar-refractivity contribution in [3.63, 3.8) is 0 Å². The van der Waals surface area contributed by atoms with E-state index in [1.807, 2.05) is 18.2 Å². The third-order valence-electron chi connectivity index (χ3n) is 3.96. The predicted molar refractivity (Wildman–Crippen MR) is 89.8 cm³/mol. The van der Waals surface area contributed by atoms with E-state index in [4.69, 9.17) is 11.6 Å². The van der Waals surface area contributed by atoms with Crippen LogP contribution in [0.1, 0.15) is 29.9 Å². The lowest BCUT2D eigenvalue weighted by molar-refractivity contribution is 0.571. The Balaban J connectivity index is 1.73. The van der Waals surface area contributed by atoms with Crippen molar-refractivity contribution in [2.45, 2.75) is 25.2 Å². The summed E-state index contributed by atoms with van der Waals surface area (Å²) >= 11 is 9.53. The lowest BCUT2D eigenvalue weighted by atomic mass is 9.83. The van der Waals surface area contributed by atoms with Crippen molar-refractivity contribution in [1.82, 2.24) is 0 Å². The predicted octanol–water partition coefficient (Wildman–Crippen LogP) is 5.63. The van der Waals surface area contributed by atoms with Crippen molar-refractivity contribution in [1.29, 1.82) is 0 Å². The number of halogens is 2. The standard InChI is InChI=1S/C17H17BrClN/c18-16-10-14(19)8-9-17(16)20-11-13-6-3-5-12-4-1-2-7-15(12)13/h1-2,4,7-10,13,20H,3,5-6,11H2. The van der Waals surface area contributed by atoms with Gasteiger partial charge in [0.05, 0.1) is 0 Å². The summed E-state index contributed by atoms with van der Waals surface area (Å²) < 4.78 is 1.02. The number of hydrogen-bond donors (Lipinski definition) is 1. The van der Waals surface area contributed by atoms with E-state index in [9.17, 15) is 0 Å². The highest BCUT2D eigenvalue weighted by Gasteiger charge is 2.19. The Morgan fingerprint density at radius 3 is 2.90 bits per heavy atom. The van der Waals surface area contributed by atoms with Crippen LogP contribution >= 0.6 is 27.5 Å². The molecule has 1 aliphatic carbocycles. The summed E-state index contributed by atoms with van der Waals surface area (Å²) in [4.78, 5) is 0. The largest absolute Gasteiger partial charge is 0.384 e. The van der Waals surface area contributed by atoms with Crippen LogP contribution in [0.5, 0.6) is 0 Å². The maximum Gasteiger partial charge on any atom is 0.0485 e. The molecule has 0 radical (unpaired) electrons. The first-order valence-corrected chi connectivity index (χ1v) is 8.18. The number of benzene rings is 2. The summed E-state index contributed by atoms with van der Waals surface area (Å²) in [6.07, 6.45) is 3.76. The van der Waals surface area contributed by atoms with Gasteiger partial charge in [-0.3, -0.25) is 0 Å². The molecule has 0 heterocycles. The second kappa shape index (κ2) is 6.19. The molecular weight excluding hydrogens is 334 g/mol. The van der Waals surface area contributed by atoms with Crippen LogP contribution in [0.4, 0.5) is 5.69 Å². The number of hydrogen-bond acceptors (Lipinski definition) is 1. The summed E-state index contributed by atoms with van der Waals surface area (Å²) in [6, 6.07) is 14.7. The molecule has 0 fully saturated rings. The highest BCUT2D eigenvalue weighted by molar-refractivity contribution is 9.10. The lowest BCUT2D eigenvalue weighted by Crippen LogP contribution is -2.18. The number of anilines is 1. The lowest BCUT2D eigenvalue weighted by Gasteiger charge is -2.26. The van der Waals surface area contributed by atoms with Crippen LogP contribution in [0.15, 0.2) is 46.9 Å². The first kappa shape index (κ1) is 14.0. The second-order valence-corrected chi connectivity index (χ2v) is 6.58. The van der Waals surface area contributed by atoms with Gasteiger partial charge >= 0.3 is 0 Å². The Labute approximate surface area is 133 Å². The van der Waals surface area contributed by atoms with Gasteiger partial charge in [-0.2, -0.15) is 0 Å². The Hall–Kier alpha value is -0.990. The van der Waals surface area contributed by atoms with Gasteiger partial charge in [0.2, 0.25) is 0 Å². The van der Waals surface area contributed by atoms with E-state index >= 15 is 0 Å². The van der Waals surface area contributed by atoms with E-state index in [1.165, 1.54) is 30.4 Å². The molecule has 1 aliphatic rings. The molecule has 3 heteroatoms. The van der Waals surface area contributed by atoms with Gasteiger partial charge in [0, 0.05) is 27.6 Å². The van der Waals surface area contributed by atoms with Crippen molar-refractivity contribution < 1.29 is 0 Å². The third-order valence-corrected chi connectivity index (χ3v) is 4.85. The summed E-state index contributed by atoms with van der Waals surface area (Å²) in [5.74, 6) is 0.600. The monoisotopic (exact) mass is 349 g/mol. The molecule has 0 aliphatic heterocycles. The molecule has 0 aromatic heterocycles. The van der Waals surface area contributed by atoms with Gasteiger partial charge in [-0.15, -0.1) is 0 Å². The number of fused-ring (bicyclic) bond motifs is 1. The van der Waals surface area contributed by atoms with Gasteiger partial charge in [-0.1, -0.05) is 35.9 Å². The summed E-state index contributed by atoms with van der Waals surface area (Å²) in [5, 5.41) is 4.30. The van der Waals surface area contributed by atoms with Crippen LogP contribution in [0.2, 0.25) is 5.02 Å². The number of nitrogens with one attached hydrogen (secondary N) is 1. The van der Waals surface area contributed by atoms with Crippen LogP contribution in [-0.2, 0) is 6.42 Å². The maximum absolute atomic E-state index is 5.97. The molecule has 0 saturated heterocycles. The molecule has 0 saturated carbocycles. The summed E-state index contributed by atoms with van der Waals surface area (Å²) in [6.45, 7) is 0.969. The Kier molecular flexibility index (Phi) is 4.32. The molecule has 2 aromatic carbocycles. The van der Waals surface area contributed by atoms with Gasteiger partial charge in [-0.25, -0.2) is 0 Å². The zero-order chi connectivity index (χ0) is 13.9. The normalized spacial score (nSPS) is 17.6. The topological polar surface area (TPSA) is 12.0 Å². The molecule has 1 atom stereocenters. The Bertz CT molecular complexity index is 612.